The smallest absolute Gasteiger partial charge is 0.335 e. The zero-order valence-corrected chi connectivity index (χ0v) is 14.9. The highest BCUT2D eigenvalue weighted by atomic mass is 79.9. The van der Waals surface area contributed by atoms with Gasteiger partial charge in [-0.2, -0.15) is 0 Å². The second-order valence-electron chi connectivity index (χ2n) is 5.28. The molecule has 0 fully saturated rings. The van der Waals surface area contributed by atoms with Crippen molar-refractivity contribution in [2.24, 2.45) is 0 Å². The van der Waals surface area contributed by atoms with E-state index in [1.807, 2.05) is 26.8 Å². The van der Waals surface area contributed by atoms with Gasteiger partial charge < -0.3 is 14.6 Å². The average Bonchev–Trinajstić information content (AvgIpc) is 2.52. The summed E-state index contributed by atoms with van der Waals surface area (Å²) in [5.41, 5.74) is 3.59. The molecular weight excluding hydrogens is 360 g/mol. The average molecular weight is 379 g/mol. The number of aromatic carboxylic acids is 1. The van der Waals surface area contributed by atoms with E-state index in [2.05, 4.69) is 15.9 Å². The van der Waals surface area contributed by atoms with E-state index < -0.39 is 5.97 Å². The molecule has 0 radical (unpaired) electrons. The Kier molecular flexibility index (Phi) is 5.66. The van der Waals surface area contributed by atoms with E-state index in [0.717, 1.165) is 26.9 Å². The quantitative estimate of drug-likeness (QED) is 0.750. The fourth-order valence-corrected chi connectivity index (χ4v) is 2.87. The second-order valence-corrected chi connectivity index (χ2v) is 6.14. The summed E-state index contributed by atoms with van der Waals surface area (Å²) >= 11 is 3.54. The van der Waals surface area contributed by atoms with Crippen LogP contribution in [-0.2, 0) is 0 Å². The predicted octanol–water partition coefficient (Wildman–Crippen LogP) is 4.53. The minimum absolute atomic E-state index is 0.241. The van der Waals surface area contributed by atoms with Gasteiger partial charge in [-0.05, 0) is 67.8 Å². The number of benzene rings is 2. The first-order valence-corrected chi connectivity index (χ1v) is 8.04. The molecule has 0 saturated carbocycles. The van der Waals surface area contributed by atoms with Crippen LogP contribution in [0.25, 0.3) is 0 Å². The van der Waals surface area contributed by atoms with E-state index in [-0.39, 0.29) is 5.56 Å². The molecule has 0 aliphatic heterocycles. The molecule has 0 heterocycles. The zero-order valence-electron chi connectivity index (χ0n) is 13.4. The van der Waals surface area contributed by atoms with Gasteiger partial charge in [-0.25, -0.2) is 4.79 Å². The first-order chi connectivity index (χ1) is 10.9. The van der Waals surface area contributed by atoms with Gasteiger partial charge in [0.1, 0.15) is 24.7 Å². The van der Waals surface area contributed by atoms with Gasteiger partial charge in [-0.15, -0.1) is 0 Å². The van der Waals surface area contributed by atoms with Crippen molar-refractivity contribution in [1.29, 1.82) is 0 Å². The topological polar surface area (TPSA) is 55.8 Å². The summed E-state index contributed by atoms with van der Waals surface area (Å²) in [4.78, 5) is 10.8. The molecule has 0 spiro atoms. The van der Waals surface area contributed by atoms with Gasteiger partial charge in [-0.1, -0.05) is 15.9 Å². The van der Waals surface area contributed by atoms with E-state index >= 15 is 0 Å². The van der Waals surface area contributed by atoms with Crippen LogP contribution < -0.4 is 9.47 Å². The molecule has 1 N–H and O–H groups in total. The van der Waals surface area contributed by atoms with Crippen molar-refractivity contribution in [3.05, 3.63) is 57.1 Å². The van der Waals surface area contributed by atoms with Crippen LogP contribution in [0, 0.1) is 20.8 Å². The molecule has 2 aromatic rings. The molecule has 0 amide bonds. The van der Waals surface area contributed by atoms with Crippen molar-refractivity contribution in [3.63, 3.8) is 0 Å². The maximum absolute atomic E-state index is 10.8. The number of ether oxygens (including phenoxy) is 2. The van der Waals surface area contributed by atoms with Crippen LogP contribution in [0.5, 0.6) is 11.5 Å². The number of aryl methyl sites for hydroxylation is 1. The van der Waals surface area contributed by atoms with Gasteiger partial charge in [-0.3, -0.25) is 0 Å². The van der Waals surface area contributed by atoms with Crippen molar-refractivity contribution in [3.8, 4) is 11.5 Å². The molecule has 2 aromatic carbocycles. The highest BCUT2D eigenvalue weighted by Gasteiger charge is 2.10. The van der Waals surface area contributed by atoms with Crippen LogP contribution in [0.15, 0.2) is 34.8 Å². The lowest BCUT2D eigenvalue weighted by atomic mass is 10.1. The Balaban J connectivity index is 1.91. The Morgan fingerprint density at radius 3 is 2.26 bits per heavy atom. The van der Waals surface area contributed by atoms with Crippen LogP contribution in [-0.4, -0.2) is 24.3 Å². The van der Waals surface area contributed by atoms with Gasteiger partial charge in [0.2, 0.25) is 0 Å². The largest absolute Gasteiger partial charge is 0.490 e. The summed E-state index contributed by atoms with van der Waals surface area (Å²) in [6.45, 7) is 6.90. The van der Waals surface area contributed by atoms with Gasteiger partial charge in [0.25, 0.3) is 0 Å². The van der Waals surface area contributed by atoms with Crippen LogP contribution in [0.2, 0.25) is 0 Å². The Bertz CT molecular complexity index is 708. The fraction of sp³-hybridized carbons (Fsp3) is 0.278. The molecule has 23 heavy (non-hydrogen) atoms. The van der Waals surface area contributed by atoms with Gasteiger partial charge in [0, 0.05) is 4.47 Å². The van der Waals surface area contributed by atoms with Crippen molar-refractivity contribution >= 4 is 21.9 Å². The molecule has 5 heteroatoms. The minimum atomic E-state index is -0.948. The number of halogens is 1. The maximum atomic E-state index is 10.8. The minimum Gasteiger partial charge on any atom is -0.490 e. The molecule has 0 aliphatic carbocycles. The highest BCUT2D eigenvalue weighted by Crippen LogP contribution is 2.31. The van der Waals surface area contributed by atoms with E-state index in [1.165, 1.54) is 12.1 Å². The molecular formula is C18H19BrO4. The fourth-order valence-electron chi connectivity index (χ4n) is 2.23. The van der Waals surface area contributed by atoms with Gasteiger partial charge in [0.15, 0.2) is 0 Å². The van der Waals surface area contributed by atoms with E-state index in [0.29, 0.717) is 19.0 Å². The molecule has 0 bridgehead atoms. The molecule has 4 nitrogen and oxygen atoms in total. The third-order valence-electron chi connectivity index (χ3n) is 3.66. The first kappa shape index (κ1) is 17.3. The Morgan fingerprint density at radius 2 is 1.65 bits per heavy atom. The normalized spacial score (nSPS) is 10.4. The van der Waals surface area contributed by atoms with E-state index in [1.54, 1.807) is 12.1 Å². The standard InChI is InChI=1S/C18H19BrO4/c1-11-10-16(19)12(2)13(3)17(11)23-9-8-22-15-6-4-14(5-7-15)18(20)21/h4-7,10H,8-9H2,1-3H3,(H,20,21). The number of hydrogen-bond acceptors (Lipinski definition) is 3. The Morgan fingerprint density at radius 1 is 1.04 bits per heavy atom. The van der Waals surface area contributed by atoms with Gasteiger partial charge >= 0.3 is 5.97 Å². The first-order valence-electron chi connectivity index (χ1n) is 7.25. The third kappa shape index (κ3) is 4.26. The monoisotopic (exact) mass is 378 g/mol. The van der Waals surface area contributed by atoms with E-state index in [9.17, 15) is 4.79 Å². The number of carboxylic acid groups (broad SMARTS) is 1. The Hall–Kier alpha value is -2.01. The maximum Gasteiger partial charge on any atom is 0.335 e. The van der Waals surface area contributed by atoms with Crippen LogP contribution in [0.1, 0.15) is 27.0 Å². The summed E-state index contributed by atoms with van der Waals surface area (Å²) in [5, 5.41) is 8.85. The molecule has 0 aromatic heterocycles. The third-order valence-corrected chi connectivity index (χ3v) is 4.49. The van der Waals surface area contributed by atoms with Crippen LogP contribution in [0.4, 0.5) is 0 Å². The van der Waals surface area contributed by atoms with Crippen molar-refractivity contribution in [2.75, 3.05) is 13.2 Å². The predicted molar refractivity (Wildman–Crippen MR) is 92.7 cm³/mol. The lowest BCUT2D eigenvalue weighted by Crippen LogP contribution is -2.11. The molecule has 0 unspecified atom stereocenters. The lowest BCUT2D eigenvalue weighted by molar-refractivity contribution is 0.0697. The molecule has 0 atom stereocenters. The van der Waals surface area contributed by atoms with Crippen molar-refractivity contribution in [1.82, 2.24) is 0 Å². The Labute approximate surface area is 144 Å². The summed E-state index contributed by atoms with van der Waals surface area (Å²) in [7, 11) is 0. The summed E-state index contributed by atoms with van der Waals surface area (Å²) < 4.78 is 12.5. The summed E-state index contributed by atoms with van der Waals surface area (Å²) in [6.07, 6.45) is 0. The molecule has 0 aliphatic rings. The second kappa shape index (κ2) is 7.51. The van der Waals surface area contributed by atoms with Crippen molar-refractivity contribution in [2.45, 2.75) is 20.8 Å². The zero-order chi connectivity index (χ0) is 17.0. The summed E-state index contributed by atoms with van der Waals surface area (Å²) in [6, 6.07) is 8.37. The number of rotatable bonds is 6. The van der Waals surface area contributed by atoms with Gasteiger partial charge in [0.05, 0.1) is 5.56 Å². The van der Waals surface area contributed by atoms with E-state index in [4.69, 9.17) is 14.6 Å². The lowest BCUT2D eigenvalue weighted by Gasteiger charge is -2.15. The number of carboxylic acids is 1. The summed E-state index contributed by atoms with van der Waals surface area (Å²) in [5.74, 6) is 0.561. The number of hydrogen-bond donors (Lipinski definition) is 1. The highest BCUT2D eigenvalue weighted by molar-refractivity contribution is 9.10. The number of carbonyl (C=O) groups is 1. The molecule has 2 rings (SSSR count). The SMILES string of the molecule is Cc1cc(Br)c(C)c(C)c1OCCOc1ccc(C(=O)O)cc1. The molecule has 122 valence electrons. The van der Waals surface area contributed by atoms with Crippen molar-refractivity contribution < 1.29 is 19.4 Å². The van der Waals surface area contributed by atoms with Crippen LogP contribution in [0.3, 0.4) is 0 Å². The van der Waals surface area contributed by atoms with Crippen LogP contribution >= 0.6 is 15.9 Å². The molecule has 0 saturated heterocycles.